The molecule has 2 saturated heterocycles. The molecule has 116 valence electrons. The standard InChI is InChI=1S/C17H20FN3S/c18-13-7-5-12(6-8-13)15-11-22-17(20-15)19-14-3-1-9-21-10-2-4-16(14)21/h5-8,11,14,16H,1-4,9-10H2,(H,19,20)/t14-,16-/m0/s1. The quantitative estimate of drug-likeness (QED) is 0.928. The average molecular weight is 317 g/mol. The van der Waals surface area contributed by atoms with Crippen molar-refractivity contribution in [2.75, 3.05) is 18.4 Å². The van der Waals surface area contributed by atoms with Crippen LogP contribution in [0.3, 0.4) is 0 Å². The summed E-state index contributed by atoms with van der Waals surface area (Å²) >= 11 is 1.64. The third-order valence-electron chi connectivity index (χ3n) is 4.79. The lowest BCUT2D eigenvalue weighted by atomic mass is 9.97. The van der Waals surface area contributed by atoms with Gasteiger partial charge in [-0.05, 0) is 63.0 Å². The van der Waals surface area contributed by atoms with Crippen molar-refractivity contribution in [1.82, 2.24) is 9.88 Å². The van der Waals surface area contributed by atoms with Crippen LogP contribution in [0, 0.1) is 5.82 Å². The van der Waals surface area contributed by atoms with Crippen molar-refractivity contribution in [1.29, 1.82) is 0 Å². The highest BCUT2D eigenvalue weighted by Gasteiger charge is 2.34. The number of nitrogens with zero attached hydrogens (tertiary/aromatic N) is 2. The summed E-state index contributed by atoms with van der Waals surface area (Å²) in [6.07, 6.45) is 5.12. The van der Waals surface area contributed by atoms with Crippen LogP contribution in [0.25, 0.3) is 11.3 Å². The number of halogens is 1. The summed E-state index contributed by atoms with van der Waals surface area (Å²) in [5.41, 5.74) is 1.89. The van der Waals surface area contributed by atoms with Crippen LogP contribution in [0.5, 0.6) is 0 Å². The number of hydrogen-bond donors (Lipinski definition) is 1. The second kappa shape index (κ2) is 5.97. The number of fused-ring (bicyclic) bond motifs is 1. The topological polar surface area (TPSA) is 28.2 Å². The second-order valence-electron chi connectivity index (χ2n) is 6.18. The van der Waals surface area contributed by atoms with E-state index in [1.807, 2.05) is 5.38 Å². The monoisotopic (exact) mass is 317 g/mol. The van der Waals surface area contributed by atoms with Gasteiger partial charge in [-0.15, -0.1) is 11.3 Å². The molecule has 1 aromatic heterocycles. The van der Waals surface area contributed by atoms with Crippen LogP contribution >= 0.6 is 11.3 Å². The Balaban J connectivity index is 1.48. The van der Waals surface area contributed by atoms with Crippen molar-refractivity contribution in [2.24, 2.45) is 0 Å². The predicted octanol–water partition coefficient (Wildman–Crippen LogP) is 3.99. The fourth-order valence-corrected chi connectivity index (χ4v) is 4.49. The van der Waals surface area contributed by atoms with Gasteiger partial charge in [0.25, 0.3) is 0 Å². The minimum absolute atomic E-state index is 0.208. The van der Waals surface area contributed by atoms with E-state index in [1.165, 1.54) is 50.9 Å². The molecule has 0 unspecified atom stereocenters. The Morgan fingerprint density at radius 2 is 1.91 bits per heavy atom. The lowest BCUT2D eigenvalue weighted by molar-refractivity contribution is 0.183. The van der Waals surface area contributed by atoms with Crippen LogP contribution in [0.1, 0.15) is 25.7 Å². The predicted molar refractivity (Wildman–Crippen MR) is 88.7 cm³/mol. The molecular weight excluding hydrogens is 297 g/mol. The third kappa shape index (κ3) is 2.75. The van der Waals surface area contributed by atoms with Crippen LogP contribution in [-0.4, -0.2) is 35.1 Å². The van der Waals surface area contributed by atoms with Gasteiger partial charge in [-0.25, -0.2) is 9.37 Å². The van der Waals surface area contributed by atoms with Crippen molar-refractivity contribution in [2.45, 2.75) is 37.8 Å². The number of benzene rings is 1. The molecule has 3 heterocycles. The normalized spacial score (nSPS) is 25.1. The lowest BCUT2D eigenvalue weighted by Gasteiger charge is -2.36. The average Bonchev–Trinajstić information content (AvgIpc) is 3.17. The zero-order chi connectivity index (χ0) is 14.9. The Morgan fingerprint density at radius 1 is 1.14 bits per heavy atom. The number of hydrogen-bond acceptors (Lipinski definition) is 4. The van der Waals surface area contributed by atoms with Gasteiger partial charge in [0.1, 0.15) is 5.82 Å². The first kappa shape index (κ1) is 14.2. The summed E-state index contributed by atoms with van der Waals surface area (Å²) in [5, 5.41) is 6.68. The van der Waals surface area contributed by atoms with Crippen LogP contribution in [0.4, 0.5) is 9.52 Å². The number of aromatic nitrogens is 1. The van der Waals surface area contributed by atoms with E-state index in [0.29, 0.717) is 12.1 Å². The SMILES string of the molecule is Fc1ccc(-c2csc(N[C@H]3CCCN4CCC[C@@H]34)n2)cc1. The summed E-state index contributed by atoms with van der Waals surface area (Å²) in [7, 11) is 0. The zero-order valence-corrected chi connectivity index (χ0v) is 13.3. The van der Waals surface area contributed by atoms with E-state index in [0.717, 1.165) is 16.4 Å². The Labute approximate surface area is 134 Å². The molecular formula is C17H20FN3S. The van der Waals surface area contributed by atoms with Crippen molar-refractivity contribution in [3.05, 3.63) is 35.5 Å². The Hall–Kier alpha value is -1.46. The summed E-state index contributed by atoms with van der Waals surface area (Å²) in [6, 6.07) is 7.73. The van der Waals surface area contributed by atoms with Crippen LogP contribution in [0.15, 0.2) is 29.6 Å². The smallest absolute Gasteiger partial charge is 0.183 e. The van der Waals surface area contributed by atoms with E-state index in [-0.39, 0.29) is 5.82 Å². The second-order valence-corrected chi connectivity index (χ2v) is 7.04. The molecule has 2 fully saturated rings. The van der Waals surface area contributed by atoms with E-state index in [9.17, 15) is 4.39 Å². The fourth-order valence-electron chi connectivity index (χ4n) is 3.71. The molecule has 4 rings (SSSR count). The summed E-state index contributed by atoms with van der Waals surface area (Å²) in [4.78, 5) is 7.31. The number of piperidine rings is 1. The molecule has 0 spiro atoms. The minimum Gasteiger partial charge on any atom is -0.357 e. The first-order valence-corrected chi connectivity index (χ1v) is 8.89. The molecule has 22 heavy (non-hydrogen) atoms. The number of thiazole rings is 1. The maximum absolute atomic E-state index is 13.0. The maximum Gasteiger partial charge on any atom is 0.183 e. The molecule has 1 aromatic carbocycles. The number of rotatable bonds is 3. The fraction of sp³-hybridized carbons (Fsp3) is 0.471. The largest absolute Gasteiger partial charge is 0.357 e. The Morgan fingerprint density at radius 3 is 2.73 bits per heavy atom. The highest BCUT2D eigenvalue weighted by molar-refractivity contribution is 7.14. The van der Waals surface area contributed by atoms with Gasteiger partial charge in [0, 0.05) is 23.0 Å². The van der Waals surface area contributed by atoms with E-state index >= 15 is 0 Å². The van der Waals surface area contributed by atoms with E-state index in [4.69, 9.17) is 0 Å². The summed E-state index contributed by atoms with van der Waals surface area (Å²) in [5.74, 6) is -0.208. The zero-order valence-electron chi connectivity index (χ0n) is 12.5. The van der Waals surface area contributed by atoms with E-state index in [1.54, 1.807) is 23.5 Å². The highest BCUT2D eigenvalue weighted by Crippen LogP contribution is 2.31. The van der Waals surface area contributed by atoms with Gasteiger partial charge in [-0.1, -0.05) is 0 Å². The van der Waals surface area contributed by atoms with E-state index in [2.05, 4.69) is 15.2 Å². The molecule has 2 aliphatic rings. The molecule has 0 bridgehead atoms. The van der Waals surface area contributed by atoms with Gasteiger partial charge < -0.3 is 5.32 Å². The molecule has 3 nitrogen and oxygen atoms in total. The molecule has 5 heteroatoms. The van der Waals surface area contributed by atoms with Gasteiger partial charge in [0.15, 0.2) is 5.13 Å². The van der Waals surface area contributed by atoms with Crippen LogP contribution in [0.2, 0.25) is 0 Å². The Bertz CT molecular complexity index is 640. The lowest BCUT2D eigenvalue weighted by Crippen LogP contribution is -2.47. The van der Waals surface area contributed by atoms with Gasteiger partial charge in [-0.3, -0.25) is 4.90 Å². The van der Waals surface area contributed by atoms with Crippen molar-refractivity contribution < 1.29 is 4.39 Å². The summed E-state index contributed by atoms with van der Waals surface area (Å²) in [6.45, 7) is 2.50. The molecule has 0 amide bonds. The maximum atomic E-state index is 13.0. The van der Waals surface area contributed by atoms with Crippen molar-refractivity contribution in [3.8, 4) is 11.3 Å². The Kier molecular flexibility index (Phi) is 3.84. The first-order chi connectivity index (χ1) is 10.8. The summed E-state index contributed by atoms with van der Waals surface area (Å²) < 4.78 is 13.0. The molecule has 0 radical (unpaired) electrons. The minimum atomic E-state index is -0.208. The van der Waals surface area contributed by atoms with Crippen LogP contribution in [-0.2, 0) is 0 Å². The molecule has 2 atom stereocenters. The highest BCUT2D eigenvalue weighted by atomic mass is 32.1. The molecule has 2 aliphatic heterocycles. The molecule has 0 saturated carbocycles. The van der Waals surface area contributed by atoms with Gasteiger partial charge in [0.2, 0.25) is 0 Å². The number of anilines is 1. The molecule has 0 aliphatic carbocycles. The first-order valence-electron chi connectivity index (χ1n) is 8.02. The third-order valence-corrected chi connectivity index (χ3v) is 5.57. The van der Waals surface area contributed by atoms with Gasteiger partial charge in [0.05, 0.1) is 5.69 Å². The molecule has 2 aromatic rings. The molecule has 1 N–H and O–H groups in total. The van der Waals surface area contributed by atoms with Crippen molar-refractivity contribution >= 4 is 16.5 Å². The number of nitrogens with one attached hydrogen (secondary N) is 1. The van der Waals surface area contributed by atoms with E-state index < -0.39 is 0 Å². The van der Waals surface area contributed by atoms with Crippen LogP contribution < -0.4 is 5.32 Å². The van der Waals surface area contributed by atoms with Gasteiger partial charge in [-0.2, -0.15) is 0 Å². The van der Waals surface area contributed by atoms with Crippen molar-refractivity contribution in [3.63, 3.8) is 0 Å². The van der Waals surface area contributed by atoms with Gasteiger partial charge >= 0.3 is 0 Å².